The van der Waals surface area contributed by atoms with Gasteiger partial charge in [-0.25, -0.2) is 0 Å². The van der Waals surface area contributed by atoms with Gasteiger partial charge in [0.05, 0.1) is 0 Å². The number of esters is 3. The summed E-state index contributed by atoms with van der Waals surface area (Å²) < 4.78 is 16.8. The Morgan fingerprint density at radius 2 is 0.629 bits per heavy atom. The molecule has 0 saturated carbocycles. The fraction of sp³-hybridized carbons (Fsp3) is 0.804. The van der Waals surface area contributed by atoms with E-state index < -0.39 is 6.10 Å². The molecule has 0 aliphatic rings. The molecule has 0 saturated heterocycles. The molecule has 0 radical (unpaired) electrons. The largest absolute Gasteiger partial charge is 0.462 e. The lowest BCUT2D eigenvalue weighted by molar-refractivity contribution is -0.167. The minimum atomic E-state index is -0.777. The Morgan fingerprint density at radius 1 is 0.339 bits per heavy atom. The van der Waals surface area contributed by atoms with Gasteiger partial charge >= 0.3 is 17.9 Å². The molecule has 0 aliphatic carbocycles. The Morgan fingerprint density at radius 3 is 1.00 bits per heavy atom. The maximum absolute atomic E-state index is 12.8. The number of hydrogen-bond donors (Lipinski definition) is 0. The average molecular weight is 869 g/mol. The zero-order valence-corrected chi connectivity index (χ0v) is 41.1. The predicted octanol–water partition coefficient (Wildman–Crippen LogP) is 17.5. The first-order valence-corrected chi connectivity index (χ1v) is 26.6. The van der Waals surface area contributed by atoms with E-state index in [2.05, 4.69) is 69.4 Å². The van der Waals surface area contributed by atoms with Gasteiger partial charge in [-0.05, 0) is 77.0 Å². The fourth-order valence-electron chi connectivity index (χ4n) is 7.57. The SMILES string of the molecule is CC/C=C\C/C=C\CCCCCCCCCC(=O)OC(COC(=O)CCCCCCCCC/C=C\C/C=C\CCCCC)COC(=O)CCCCCCCCCCCCCCC. The van der Waals surface area contributed by atoms with E-state index in [4.69, 9.17) is 14.2 Å². The molecule has 360 valence electrons. The van der Waals surface area contributed by atoms with Gasteiger partial charge < -0.3 is 14.2 Å². The number of allylic oxidation sites excluding steroid dienone is 8. The lowest BCUT2D eigenvalue weighted by atomic mass is 10.0. The van der Waals surface area contributed by atoms with E-state index in [1.807, 2.05) is 0 Å². The monoisotopic (exact) mass is 869 g/mol. The Balaban J connectivity index is 4.37. The van der Waals surface area contributed by atoms with Gasteiger partial charge in [-0.1, -0.05) is 223 Å². The Kier molecular flexibility index (Phi) is 48.8. The summed E-state index contributed by atoms with van der Waals surface area (Å²) in [6, 6.07) is 0. The lowest BCUT2D eigenvalue weighted by Gasteiger charge is -2.18. The van der Waals surface area contributed by atoms with Crippen molar-refractivity contribution in [3.05, 3.63) is 48.6 Å². The van der Waals surface area contributed by atoms with Gasteiger partial charge in [-0.3, -0.25) is 14.4 Å². The molecule has 0 rings (SSSR count). The van der Waals surface area contributed by atoms with Crippen LogP contribution in [0.25, 0.3) is 0 Å². The Labute approximate surface area is 384 Å². The van der Waals surface area contributed by atoms with Gasteiger partial charge in [-0.2, -0.15) is 0 Å². The number of unbranched alkanes of at least 4 members (excludes halogenated alkanes) is 29. The average Bonchev–Trinajstić information content (AvgIpc) is 3.27. The second-order valence-corrected chi connectivity index (χ2v) is 17.8. The summed E-state index contributed by atoms with van der Waals surface area (Å²) in [4.78, 5) is 38.0. The summed E-state index contributed by atoms with van der Waals surface area (Å²) >= 11 is 0. The van der Waals surface area contributed by atoms with E-state index >= 15 is 0 Å². The van der Waals surface area contributed by atoms with Crippen molar-refractivity contribution >= 4 is 17.9 Å². The molecule has 0 aliphatic heterocycles. The molecule has 0 amide bonds. The first-order chi connectivity index (χ1) is 30.5. The zero-order chi connectivity index (χ0) is 45.1. The van der Waals surface area contributed by atoms with Crippen LogP contribution in [-0.2, 0) is 28.6 Å². The number of rotatable bonds is 48. The highest BCUT2D eigenvalue weighted by molar-refractivity contribution is 5.71. The molecule has 0 N–H and O–H groups in total. The molecular weight excluding hydrogens is 769 g/mol. The number of hydrogen-bond acceptors (Lipinski definition) is 6. The van der Waals surface area contributed by atoms with E-state index in [1.165, 1.54) is 141 Å². The smallest absolute Gasteiger partial charge is 0.306 e. The van der Waals surface area contributed by atoms with E-state index in [1.54, 1.807) is 0 Å². The highest BCUT2D eigenvalue weighted by Gasteiger charge is 2.19. The number of ether oxygens (including phenoxy) is 3. The first kappa shape index (κ1) is 59.4. The van der Waals surface area contributed by atoms with E-state index in [9.17, 15) is 14.4 Å². The van der Waals surface area contributed by atoms with Gasteiger partial charge in [0.15, 0.2) is 6.10 Å². The van der Waals surface area contributed by atoms with Crippen LogP contribution >= 0.6 is 0 Å². The maximum Gasteiger partial charge on any atom is 0.306 e. The normalized spacial score (nSPS) is 12.4. The van der Waals surface area contributed by atoms with Crippen LogP contribution in [0.2, 0.25) is 0 Å². The third-order valence-corrected chi connectivity index (χ3v) is 11.6. The maximum atomic E-state index is 12.8. The molecule has 0 aromatic rings. The Bertz CT molecular complexity index is 1090. The third kappa shape index (κ3) is 48.4. The van der Waals surface area contributed by atoms with E-state index in [0.29, 0.717) is 19.3 Å². The van der Waals surface area contributed by atoms with Gasteiger partial charge in [0, 0.05) is 19.3 Å². The van der Waals surface area contributed by atoms with Crippen molar-refractivity contribution in [2.75, 3.05) is 13.2 Å². The minimum absolute atomic E-state index is 0.0765. The van der Waals surface area contributed by atoms with Crippen LogP contribution in [-0.4, -0.2) is 37.2 Å². The van der Waals surface area contributed by atoms with Crippen molar-refractivity contribution in [3.8, 4) is 0 Å². The molecule has 1 unspecified atom stereocenters. The molecule has 6 nitrogen and oxygen atoms in total. The second-order valence-electron chi connectivity index (χ2n) is 17.8. The summed E-state index contributed by atoms with van der Waals surface area (Å²) in [5.74, 6) is -0.884. The minimum Gasteiger partial charge on any atom is -0.462 e. The van der Waals surface area contributed by atoms with Crippen molar-refractivity contribution in [1.82, 2.24) is 0 Å². The molecule has 62 heavy (non-hydrogen) atoms. The number of carbonyl (C=O) groups excluding carboxylic acids is 3. The van der Waals surface area contributed by atoms with Crippen LogP contribution in [0, 0.1) is 0 Å². The van der Waals surface area contributed by atoms with Crippen LogP contribution in [0.3, 0.4) is 0 Å². The second kappa shape index (κ2) is 51.0. The topological polar surface area (TPSA) is 78.9 Å². The van der Waals surface area contributed by atoms with Gasteiger partial charge in [0.25, 0.3) is 0 Å². The molecule has 0 aromatic carbocycles. The standard InChI is InChI=1S/C56H100O6/c1-4-7-10-13-16-19-22-25-27-28-29-32-34-37-40-43-46-49-55(58)61-52-53(51-60-54(57)48-45-42-39-36-33-30-24-21-18-15-12-9-6-3)62-56(59)50-47-44-41-38-35-31-26-23-20-17-14-11-8-5-2/h8,11,16-17,19-20,25,27,53H,4-7,9-10,12-15,18,21-24,26,28-52H2,1-3H3/b11-8-,19-16-,20-17-,27-25-. The van der Waals surface area contributed by atoms with Crippen LogP contribution in [0.4, 0.5) is 0 Å². The molecular formula is C56H100O6. The van der Waals surface area contributed by atoms with Gasteiger partial charge in [-0.15, -0.1) is 0 Å². The van der Waals surface area contributed by atoms with Crippen LogP contribution in [0.5, 0.6) is 0 Å². The van der Waals surface area contributed by atoms with Crippen LogP contribution in [0.15, 0.2) is 48.6 Å². The van der Waals surface area contributed by atoms with Crippen molar-refractivity contribution in [2.45, 2.75) is 277 Å². The Hall–Kier alpha value is -2.63. The van der Waals surface area contributed by atoms with Crippen molar-refractivity contribution in [1.29, 1.82) is 0 Å². The van der Waals surface area contributed by atoms with Crippen molar-refractivity contribution in [3.63, 3.8) is 0 Å². The van der Waals surface area contributed by atoms with E-state index in [-0.39, 0.29) is 31.1 Å². The molecule has 0 bridgehead atoms. The highest BCUT2D eigenvalue weighted by Crippen LogP contribution is 2.15. The summed E-state index contributed by atoms with van der Waals surface area (Å²) in [7, 11) is 0. The summed E-state index contributed by atoms with van der Waals surface area (Å²) in [5.41, 5.74) is 0. The number of carbonyl (C=O) groups is 3. The molecule has 0 spiro atoms. The van der Waals surface area contributed by atoms with E-state index in [0.717, 1.165) is 89.9 Å². The van der Waals surface area contributed by atoms with Crippen molar-refractivity contribution in [2.24, 2.45) is 0 Å². The quantitative estimate of drug-likeness (QED) is 0.0262. The summed E-state index contributed by atoms with van der Waals surface area (Å²) in [6.07, 6.45) is 60.9. The van der Waals surface area contributed by atoms with Crippen LogP contribution in [0.1, 0.15) is 271 Å². The third-order valence-electron chi connectivity index (χ3n) is 11.6. The molecule has 0 aromatic heterocycles. The van der Waals surface area contributed by atoms with Gasteiger partial charge in [0.1, 0.15) is 13.2 Å². The van der Waals surface area contributed by atoms with Gasteiger partial charge in [0.2, 0.25) is 0 Å². The lowest BCUT2D eigenvalue weighted by Crippen LogP contribution is -2.30. The first-order valence-electron chi connectivity index (χ1n) is 26.6. The summed E-state index contributed by atoms with van der Waals surface area (Å²) in [6.45, 7) is 6.51. The molecule has 1 atom stereocenters. The highest BCUT2D eigenvalue weighted by atomic mass is 16.6. The predicted molar refractivity (Wildman–Crippen MR) is 265 cm³/mol. The van der Waals surface area contributed by atoms with Crippen molar-refractivity contribution < 1.29 is 28.6 Å². The molecule has 0 heterocycles. The molecule has 0 fully saturated rings. The summed E-state index contributed by atoms with van der Waals surface area (Å²) in [5, 5.41) is 0. The fourth-order valence-corrected chi connectivity index (χ4v) is 7.57. The van der Waals surface area contributed by atoms with Crippen LogP contribution < -0.4 is 0 Å². The molecule has 6 heteroatoms. The zero-order valence-electron chi connectivity index (χ0n) is 41.1.